The van der Waals surface area contributed by atoms with Crippen LogP contribution in [0.15, 0.2) is 12.5 Å². The van der Waals surface area contributed by atoms with Crippen LogP contribution < -0.4 is 5.73 Å². The number of hydrogen-bond donors (Lipinski definition) is 4. The van der Waals surface area contributed by atoms with Crippen molar-refractivity contribution in [1.29, 1.82) is 0 Å². The number of aromatic nitrogens is 3. The summed E-state index contributed by atoms with van der Waals surface area (Å²) < 4.78 is 34.3. The molecule has 23 heavy (non-hydrogen) atoms. The van der Waals surface area contributed by atoms with Crippen LogP contribution in [-0.4, -0.2) is 54.0 Å². The molecule has 122 valence electrons. The van der Waals surface area contributed by atoms with Crippen LogP contribution >= 0.6 is 0 Å². The number of nitrogens with zero attached hydrogens (tertiary/aromatic N) is 3. The van der Waals surface area contributed by atoms with Gasteiger partial charge in [-0.3, -0.25) is 4.57 Å². The minimum atomic E-state index is -3.03. The van der Waals surface area contributed by atoms with Crippen molar-refractivity contribution in [3.8, 4) is 12.3 Å². The number of aliphatic hydroxyl groups is 3. The Kier molecular flexibility index (Phi) is 3.27. The topological polar surface area (TPSA) is 127 Å². The lowest BCUT2D eigenvalue weighted by atomic mass is 9.94. The number of halogens is 2. The molecule has 1 aliphatic heterocycles. The summed E-state index contributed by atoms with van der Waals surface area (Å²) in [5, 5.41) is 29.2. The number of alkyl halides is 1. The van der Waals surface area contributed by atoms with Crippen LogP contribution in [-0.2, 0) is 4.74 Å². The molecule has 10 heteroatoms. The number of rotatable bonds is 2. The van der Waals surface area contributed by atoms with E-state index in [4.69, 9.17) is 22.0 Å². The third-order valence-electron chi connectivity index (χ3n) is 3.80. The Hall–Kier alpha value is -2.32. The van der Waals surface area contributed by atoms with E-state index in [1.807, 2.05) is 5.92 Å². The van der Waals surface area contributed by atoms with E-state index in [1.165, 1.54) is 0 Å². The van der Waals surface area contributed by atoms with Gasteiger partial charge in [-0.05, 0) is 0 Å². The Morgan fingerprint density at radius 3 is 2.83 bits per heavy atom. The lowest BCUT2D eigenvalue weighted by Gasteiger charge is -2.26. The number of ether oxygens (including phenoxy) is 1. The van der Waals surface area contributed by atoms with E-state index in [2.05, 4.69) is 9.97 Å². The van der Waals surface area contributed by atoms with Crippen molar-refractivity contribution in [2.24, 2.45) is 0 Å². The number of nitrogen functional groups attached to an aromatic ring is 1. The SMILES string of the molecule is C#C[C@]1(O)[C@H](n2cc(F)c3c(N)ncnc32)O[C@](F)(CO)[C@H]1O. The number of hydrogen-bond acceptors (Lipinski definition) is 7. The molecule has 0 amide bonds. The number of nitrogens with two attached hydrogens (primary N) is 1. The molecule has 1 fully saturated rings. The van der Waals surface area contributed by atoms with Gasteiger partial charge in [-0.1, -0.05) is 5.92 Å². The van der Waals surface area contributed by atoms with Gasteiger partial charge in [0.05, 0.1) is 5.39 Å². The molecule has 8 nitrogen and oxygen atoms in total. The van der Waals surface area contributed by atoms with Crippen LogP contribution in [0.5, 0.6) is 0 Å². The zero-order chi connectivity index (χ0) is 17.0. The van der Waals surface area contributed by atoms with Crippen molar-refractivity contribution in [3.63, 3.8) is 0 Å². The molecule has 2 aromatic rings. The highest BCUT2D eigenvalue weighted by molar-refractivity contribution is 5.86. The van der Waals surface area contributed by atoms with Gasteiger partial charge in [-0.25, -0.2) is 18.7 Å². The summed E-state index contributed by atoms with van der Waals surface area (Å²) in [6.07, 6.45) is 3.03. The van der Waals surface area contributed by atoms with Crippen molar-refractivity contribution < 1.29 is 28.8 Å². The zero-order valence-corrected chi connectivity index (χ0v) is 11.5. The first-order valence-electron chi connectivity index (χ1n) is 6.41. The number of anilines is 1. The molecular weight excluding hydrogens is 314 g/mol. The number of terminal acetylenes is 1. The van der Waals surface area contributed by atoms with Crippen LogP contribution in [0.3, 0.4) is 0 Å². The summed E-state index contributed by atoms with van der Waals surface area (Å²) in [7, 11) is 0. The normalized spacial score (nSPS) is 33.9. The lowest BCUT2D eigenvalue weighted by Crippen LogP contribution is -2.49. The van der Waals surface area contributed by atoms with E-state index in [-0.39, 0.29) is 16.9 Å². The fourth-order valence-corrected chi connectivity index (χ4v) is 2.59. The maximum Gasteiger partial charge on any atom is 0.264 e. The zero-order valence-electron chi connectivity index (χ0n) is 11.5. The van der Waals surface area contributed by atoms with Crippen molar-refractivity contribution in [1.82, 2.24) is 14.5 Å². The van der Waals surface area contributed by atoms with Crippen molar-refractivity contribution >= 4 is 16.9 Å². The molecule has 1 saturated heterocycles. The second-order valence-corrected chi connectivity index (χ2v) is 5.13. The Balaban J connectivity index is 2.23. The van der Waals surface area contributed by atoms with Crippen LogP contribution in [0, 0.1) is 18.2 Å². The van der Waals surface area contributed by atoms with Gasteiger partial charge in [0.2, 0.25) is 5.60 Å². The molecule has 4 atom stereocenters. The van der Waals surface area contributed by atoms with E-state index < -0.39 is 36.2 Å². The molecule has 5 N–H and O–H groups in total. The minimum Gasteiger partial charge on any atom is -0.390 e. The van der Waals surface area contributed by atoms with Crippen LogP contribution in [0.1, 0.15) is 6.23 Å². The quantitative estimate of drug-likeness (QED) is 0.525. The third kappa shape index (κ3) is 1.91. The van der Waals surface area contributed by atoms with Crippen LogP contribution in [0.2, 0.25) is 0 Å². The van der Waals surface area contributed by atoms with Gasteiger partial charge >= 0.3 is 0 Å². The summed E-state index contributed by atoms with van der Waals surface area (Å²) in [6, 6.07) is 0. The van der Waals surface area contributed by atoms with E-state index in [9.17, 15) is 19.0 Å². The standard InChI is InChI=1S/C13H12F2N4O4/c1-2-12(22)10(21)13(15,4-20)23-11(12)19-3-6(14)7-8(16)17-5-18-9(7)19/h1,3,5,10-11,20-22H,4H2,(H2,16,17,18)/t10-,11+,12+,13+/m0/s1. The monoisotopic (exact) mass is 326 g/mol. The van der Waals surface area contributed by atoms with Gasteiger partial charge in [-0.15, -0.1) is 6.42 Å². The summed E-state index contributed by atoms with van der Waals surface area (Å²) in [4.78, 5) is 7.44. The van der Waals surface area contributed by atoms with Gasteiger partial charge in [0.15, 0.2) is 23.8 Å². The summed E-state index contributed by atoms with van der Waals surface area (Å²) >= 11 is 0. The predicted molar refractivity (Wildman–Crippen MR) is 72.7 cm³/mol. The van der Waals surface area contributed by atoms with Gasteiger partial charge in [0.25, 0.3) is 5.85 Å². The fraction of sp³-hybridized carbons (Fsp3) is 0.385. The predicted octanol–water partition coefficient (Wildman–Crippen LogP) is -0.935. The molecule has 1 aliphatic rings. The largest absolute Gasteiger partial charge is 0.390 e. The second-order valence-electron chi connectivity index (χ2n) is 5.13. The minimum absolute atomic E-state index is 0.122. The Bertz CT molecular complexity index is 822. The summed E-state index contributed by atoms with van der Waals surface area (Å²) in [5.74, 6) is -2.23. The first kappa shape index (κ1) is 15.6. The highest BCUT2D eigenvalue weighted by atomic mass is 19.2. The van der Waals surface area contributed by atoms with Gasteiger partial charge in [0.1, 0.15) is 18.8 Å². The molecule has 3 heterocycles. The molecule has 0 saturated carbocycles. The highest BCUT2D eigenvalue weighted by Gasteiger charge is 2.64. The molecule has 0 bridgehead atoms. The fourth-order valence-electron chi connectivity index (χ4n) is 2.59. The average molecular weight is 326 g/mol. The maximum absolute atomic E-state index is 14.4. The van der Waals surface area contributed by atoms with E-state index >= 15 is 0 Å². The third-order valence-corrected chi connectivity index (χ3v) is 3.80. The van der Waals surface area contributed by atoms with Crippen molar-refractivity contribution in [3.05, 3.63) is 18.3 Å². The molecule has 0 spiro atoms. The smallest absolute Gasteiger partial charge is 0.264 e. The Morgan fingerprint density at radius 2 is 2.22 bits per heavy atom. The number of aliphatic hydroxyl groups excluding tert-OH is 2. The van der Waals surface area contributed by atoms with Crippen LogP contribution in [0.4, 0.5) is 14.6 Å². The van der Waals surface area contributed by atoms with Crippen LogP contribution in [0.25, 0.3) is 11.0 Å². The van der Waals surface area contributed by atoms with E-state index in [0.717, 1.165) is 17.1 Å². The molecule has 3 rings (SSSR count). The second kappa shape index (κ2) is 4.84. The Morgan fingerprint density at radius 1 is 1.52 bits per heavy atom. The summed E-state index contributed by atoms with van der Waals surface area (Å²) in [5.41, 5.74) is 2.87. The van der Waals surface area contributed by atoms with E-state index in [1.54, 1.807) is 0 Å². The molecule has 0 aliphatic carbocycles. The molecule has 0 radical (unpaired) electrons. The maximum atomic E-state index is 14.4. The average Bonchev–Trinajstić information content (AvgIpc) is 2.97. The van der Waals surface area contributed by atoms with E-state index in [0.29, 0.717) is 0 Å². The molecular formula is C13H12F2N4O4. The van der Waals surface area contributed by atoms with Gasteiger partial charge < -0.3 is 25.8 Å². The number of fused-ring (bicyclic) bond motifs is 1. The first-order chi connectivity index (χ1) is 10.8. The Labute approximate surface area is 128 Å². The van der Waals surface area contributed by atoms with Crippen molar-refractivity contribution in [2.45, 2.75) is 23.8 Å². The first-order valence-corrected chi connectivity index (χ1v) is 6.41. The molecule has 0 unspecified atom stereocenters. The van der Waals surface area contributed by atoms with Crippen molar-refractivity contribution in [2.75, 3.05) is 12.3 Å². The molecule has 2 aromatic heterocycles. The van der Waals surface area contributed by atoms with Gasteiger partial charge in [0, 0.05) is 6.20 Å². The van der Waals surface area contributed by atoms with Gasteiger partial charge in [-0.2, -0.15) is 0 Å². The molecule has 0 aromatic carbocycles. The summed E-state index contributed by atoms with van der Waals surface area (Å²) in [6.45, 7) is -1.27. The highest BCUT2D eigenvalue weighted by Crippen LogP contribution is 2.46. The lowest BCUT2D eigenvalue weighted by molar-refractivity contribution is -0.206.